The first-order chi connectivity index (χ1) is 8.65. The third-order valence-corrected chi connectivity index (χ3v) is 5.65. The predicted octanol–water partition coefficient (Wildman–Crippen LogP) is 4.56. The lowest BCUT2D eigenvalue weighted by atomic mass is 9.99. The number of hydrogen-bond donors (Lipinski definition) is 1. The number of benzene rings is 1. The summed E-state index contributed by atoms with van der Waals surface area (Å²) in [6.45, 7) is 0. The van der Waals surface area contributed by atoms with Crippen molar-refractivity contribution < 1.29 is 0 Å². The molecule has 0 fully saturated rings. The Morgan fingerprint density at radius 3 is 3.00 bits per heavy atom. The number of rotatable bonds is 1. The molecule has 0 saturated heterocycles. The minimum absolute atomic E-state index is 0.163. The lowest BCUT2D eigenvalue weighted by Gasteiger charge is -2.15. The predicted molar refractivity (Wildman–Crippen MR) is 80.1 cm³/mol. The fourth-order valence-corrected chi connectivity index (χ4v) is 3.85. The summed E-state index contributed by atoms with van der Waals surface area (Å²) in [5.74, 6) is 0. The molecule has 2 nitrogen and oxygen atoms in total. The van der Waals surface area contributed by atoms with Gasteiger partial charge in [0.05, 0.1) is 10.7 Å². The van der Waals surface area contributed by atoms with Crippen molar-refractivity contribution in [1.29, 1.82) is 0 Å². The molecule has 1 heterocycles. The molecule has 0 saturated carbocycles. The van der Waals surface area contributed by atoms with Gasteiger partial charge in [0.1, 0.15) is 5.01 Å². The number of hydrogen-bond acceptors (Lipinski definition) is 3. The zero-order valence-electron chi connectivity index (χ0n) is 9.62. The summed E-state index contributed by atoms with van der Waals surface area (Å²) in [6.07, 6.45) is 3.26. The molecule has 1 atom stereocenters. The minimum Gasteiger partial charge on any atom is -0.323 e. The second-order valence-electron chi connectivity index (χ2n) is 4.46. The summed E-state index contributed by atoms with van der Waals surface area (Å²) in [6, 6.07) is 6.07. The van der Waals surface area contributed by atoms with Gasteiger partial charge in [-0.2, -0.15) is 0 Å². The lowest BCUT2D eigenvalue weighted by molar-refractivity contribution is 0.573. The summed E-state index contributed by atoms with van der Waals surface area (Å²) in [5.41, 5.74) is 8.41. The van der Waals surface area contributed by atoms with Crippen LogP contribution in [0.3, 0.4) is 0 Å². The quantitative estimate of drug-likeness (QED) is 0.824. The largest absolute Gasteiger partial charge is 0.323 e. The summed E-state index contributed by atoms with van der Waals surface area (Å²) < 4.78 is 0.902. The zero-order chi connectivity index (χ0) is 12.7. The van der Waals surface area contributed by atoms with Crippen LogP contribution < -0.4 is 5.73 Å². The molecule has 1 unspecified atom stereocenters. The van der Waals surface area contributed by atoms with Crippen molar-refractivity contribution in [3.05, 3.63) is 38.3 Å². The van der Waals surface area contributed by atoms with E-state index in [1.54, 1.807) is 11.3 Å². The Bertz CT molecular complexity index is 597. The van der Waals surface area contributed by atoms with Gasteiger partial charge in [-0.15, -0.1) is 11.3 Å². The standard InChI is InChI=1S/C13H12BrClN2S/c14-8-6-7(4-5-9(8)15)13-17-11-3-1-2-10(16)12(11)18-13/h4-6,10H,1-3,16H2. The fraction of sp³-hybridized carbons (Fsp3) is 0.308. The number of thiazole rings is 1. The smallest absolute Gasteiger partial charge is 0.123 e. The van der Waals surface area contributed by atoms with E-state index in [0.717, 1.165) is 39.3 Å². The molecule has 1 aromatic carbocycles. The summed E-state index contributed by atoms with van der Waals surface area (Å²) >= 11 is 11.2. The van der Waals surface area contributed by atoms with Crippen molar-refractivity contribution in [1.82, 2.24) is 4.98 Å². The number of aromatic nitrogens is 1. The van der Waals surface area contributed by atoms with Crippen LogP contribution in [0, 0.1) is 0 Å². The monoisotopic (exact) mass is 342 g/mol. The number of halogens is 2. The fourth-order valence-electron chi connectivity index (χ4n) is 2.21. The minimum atomic E-state index is 0.163. The van der Waals surface area contributed by atoms with E-state index >= 15 is 0 Å². The molecular weight excluding hydrogens is 332 g/mol. The first-order valence-electron chi connectivity index (χ1n) is 5.86. The van der Waals surface area contributed by atoms with Gasteiger partial charge < -0.3 is 5.73 Å². The van der Waals surface area contributed by atoms with Gasteiger partial charge in [-0.25, -0.2) is 4.98 Å². The SMILES string of the molecule is NC1CCCc2nc(-c3ccc(Cl)c(Br)c3)sc21. The molecular formula is C13H12BrClN2S. The average Bonchev–Trinajstić information content (AvgIpc) is 2.78. The van der Waals surface area contributed by atoms with E-state index in [4.69, 9.17) is 22.3 Å². The van der Waals surface area contributed by atoms with Gasteiger partial charge in [0, 0.05) is 21.0 Å². The van der Waals surface area contributed by atoms with Gasteiger partial charge in [0.2, 0.25) is 0 Å². The van der Waals surface area contributed by atoms with E-state index in [-0.39, 0.29) is 6.04 Å². The third-order valence-electron chi connectivity index (χ3n) is 3.16. The molecule has 1 aromatic heterocycles. The van der Waals surface area contributed by atoms with E-state index < -0.39 is 0 Å². The second-order valence-corrected chi connectivity index (χ2v) is 6.75. The first kappa shape index (κ1) is 12.6. The summed E-state index contributed by atoms with van der Waals surface area (Å²) in [5, 5.41) is 1.76. The van der Waals surface area contributed by atoms with E-state index in [1.807, 2.05) is 18.2 Å². The second kappa shape index (κ2) is 4.93. The lowest BCUT2D eigenvalue weighted by Crippen LogP contribution is -2.15. The molecule has 3 rings (SSSR count). The molecule has 0 spiro atoms. The van der Waals surface area contributed by atoms with Gasteiger partial charge in [0.25, 0.3) is 0 Å². The molecule has 1 aliphatic rings. The number of fused-ring (bicyclic) bond motifs is 1. The van der Waals surface area contributed by atoms with Crippen LogP contribution in [0.2, 0.25) is 5.02 Å². The van der Waals surface area contributed by atoms with Crippen LogP contribution in [0.1, 0.15) is 29.5 Å². The molecule has 1 aliphatic carbocycles. The summed E-state index contributed by atoms with van der Waals surface area (Å²) in [4.78, 5) is 5.97. The topological polar surface area (TPSA) is 38.9 Å². The molecule has 2 aromatic rings. The van der Waals surface area contributed by atoms with Crippen molar-refractivity contribution in [3.63, 3.8) is 0 Å². The highest BCUT2D eigenvalue weighted by molar-refractivity contribution is 9.10. The zero-order valence-corrected chi connectivity index (χ0v) is 12.8. The molecule has 2 N–H and O–H groups in total. The molecule has 5 heteroatoms. The van der Waals surface area contributed by atoms with E-state index in [1.165, 1.54) is 10.6 Å². The third kappa shape index (κ3) is 2.23. The Labute approximate surface area is 123 Å². The maximum atomic E-state index is 6.13. The van der Waals surface area contributed by atoms with Crippen LogP contribution in [-0.4, -0.2) is 4.98 Å². The number of nitrogens with two attached hydrogens (primary N) is 1. The summed E-state index contributed by atoms with van der Waals surface area (Å²) in [7, 11) is 0. The average molecular weight is 344 g/mol. The van der Waals surface area contributed by atoms with Gasteiger partial charge in [-0.05, 0) is 47.3 Å². The van der Waals surface area contributed by atoms with E-state index in [2.05, 4.69) is 15.9 Å². The first-order valence-corrected chi connectivity index (χ1v) is 7.84. The van der Waals surface area contributed by atoms with Crippen molar-refractivity contribution in [2.75, 3.05) is 0 Å². The van der Waals surface area contributed by atoms with Gasteiger partial charge in [0.15, 0.2) is 0 Å². The number of nitrogens with zero attached hydrogens (tertiary/aromatic N) is 1. The highest BCUT2D eigenvalue weighted by Gasteiger charge is 2.22. The van der Waals surface area contributed by atoms with Crippen molar-refractivity contribution >= 4 is 38.9 Å². The van der Waals surface area contributed by atoms with Crippen LogP contribution >= 0.6 is 38.9 Å². The highest BCUT2D eigenvalue weighted by atomic mass is 79.9. The molecule has 0 radical (unpaired) electrons. The van der Waals surface area contributed by atoms with E-state index in [9.17, 15) is 0 Å². The van der Waals surface area contributed by atoms with Crippen molar-refractivity contribution in [3.8, 4) is 10.6 Å². The Morgan fingerprint density at radius 1 is 1.44 bits per heavy atom. The molecule has 0 bridgehead atoms. The van der Waals surface area contributed by atoms with Gasteiger partial charge in [-0.1, -0.05) is 17.7 Å². The maximum Gasteiger partial charge on any atom is 0.123 e. The van der Waals surface area contributed by atoms with Crippen molar-refractivity contribution in [2.45, 2.75) is 25.3 Å². The van der Waals surface area contributed by atoms with Crippen LogP contribution in [0.5, 0.6) is 0 Å². The Balaban J connectivity index is 2.04. The molecule has 0 aliphatic heterocycles. The highest BCUT2D eigenvalue weighted by Crippen LogP contribution is 2.38. The van der Waals surface area contributed by atoms with Crippen LogP contribution in [0.25, 0.3) is 10.6 Å². The normalized spacial score (nSPS) is 18.7. The van der Waals surface area contributed by atoms with Crippen LogP contribution in [-0.2, 0) is 6.42 Å². The maximum absolute atomic E-state index is 6.13. The van der Waals surface area contributed by atoms with Crippen molar-refractivity contribution in [2.24, 2.45) is 5.73 Å². The number of aryl methyl sites for hydroxylation is 1. The van der Waals surface area contributed by atoms with Gasteiger partial charge in [-0.3, -0.25) is 0 Å². The Hall–Kier alpha value is -0.420. The molecule has 94 valence electrons. The van der Waals surface area contributed by atoms with Gasteiger partial charge >= 0.3 is 0 Å². The Morgan fingerprint density at radius 2 is 2.28 bits per heavy atom. The molecule has 18 heavy (non-hydrogen) atoms. The molecule has 0 amide bonds. The van der Waals surface area contributed by atoms with Crippen LogP contribution in [0.4, 0.5) is 0 Å². The van der Waals surface area contributed by atoms with E-state index in [0.29, 0.717) is 0 Å². The van der Waals surface area contributed by atoms with Crippen LogP contribution in [0.15, 0.2) is 22.7 Å². The Kier molecular flexibility index (Phi) is 3.45.